The highest BCUT2D eigenvalue weighted by atomic mass is 127. The van der Waals surface area contributed by atoms with Crippen LogP contribution in [0.4, 0.5) is 0 Å². The first-order chi connectivity index (χ1) is 11.1. The van der Waals surface area contributed by atoms with Crippen molar-refractivity contribution in [3.8, 4) is 11.5 Å². The van der Waals surface area contributed by atoms with Crippen LogP contribution >= 0.6 is 22.6 Å². The van der Waals surface area contributed by atoms with Gasteiger partial charge in [0.15, 0.2) is 11.5 Å². The molecular formula is C18H22INO3. The second-order valence-corrected chi connectivity index (χ2v) is 6.93. The molecule has 4 aliphatic rings. The minimum atomic E-state index is -0.594. The fourth-order valence-electron chi connectivity index (χ4n) is 5.24. The van der Waals surface area contributed by atoms with Gasteiger partial charge >= 0.3 is 0 Å². The van der Waals surface area contributed by atoms with Crippen molar-refractivity contribution in [2.75, 3.05) is 18.5 Å². The highest BCUT2D eigenvalue weighted by Crippen LogP contribution is 2.62. The minimum absolute atomic E-state index is 0.160. The van der Waals surface area contributed by atoms with E-state index in [1.165, 1.54) is 11.1 Å². The SMILES string of the molecule is CI.CN1CC[C@]23c4c5ccc(O)c4O[C@H]2[C@@H](O)C=C[C@H]3[C@H]1C5. The van der Waals surface area contributed by atoms with Gasteiger partial charge in [-0.15, -0.1) is 0 Å². The Morgan fingerprint density at radius 3 is 2.87 bits per heavy atom. The summed E-state index contributed by atoms with van der Waals surface area (Å²) in [7, 11) is 2.19. The number of aliphatic hydroxyl groups is 1. The molecule has 5 heteroatoms. The number of aliphatic hydroxyl groups excluding tert-OH is 1. The number of benzene rings is 1. The van der Waals surface area contributed by atoms with Gasteiger partial charge in [0, 0.05) is 22.9 Å². The molecule has 2 aliphatic carbocycles. The van der Waals surface area contributed by atoms with Crippen LogP contribution in [-0.2, 0) is 11.8 Å². The van der Waals surface area contributed by atoms with Crippen LogP contribution in [0.1, 0.15) is 17.5 Å². The Morgan fingerprint density at radius 2 is 2.09 bits per heavy atom. The number of likely N-dealkylation sites (N-methyl/N-ethyl adjacent to an activating group) is 1. The van der Waals surface area contributed by atoms with Gasteiger partial charge < -0.3 is 19.8 Å². The average molecular weight is 427 g/mol. The number of halogens is 1. The Bertz CT molecular complexity index is 676. The van der Waals surface area contributed by atoms with Gasteiger partial charge in [-0.05, 0) is 43.0 Å². The van der Waals surface area contributed by atoms with Crippen molar-refractivity contribution in [1.29, 1.82) is 0 Å². The molecule has 0 radical (unpaired) electrons. The molecule has 0 unspecified atom stereocenters. The summed E-state index contributed by atoms with van der Waals surface area (Å²) in [5, 5.41) is 20.6. The number of aromatic hydroxyl groups is 1. The quantitative estimate of drug-likeness (QED) is 0.379. The van der Waals surface area contributed by atoms with Crippen molar-refractivity contribution < 1.29 is 14.9 Å². The first-order valence-corrected chi connectivity index (χ1v) is 10.2. The summed E-state index contributed by atoms with van der Waals surface area (Å²) in [5.74, 6) is 1.19. The average Bonchev–Trinajstić information content (AvgIpc) is 2.92. The molecule has 2 bridgehead atoms. The van der Waals surface area contributed by atoms with Crippen molar-refractivity contribution in [1.82, 2.24) is 4.90 Å². The lowest BCUT2D eigenvalue weighted by Gasteiger charge is -2.56. The molecule has 1 aromatic rings. The number of piperidine rings is 1. The van der Waals surface area contributed by atoms with Crippen LogP contribution in [0.5, 0.6) is 11.5 Å². The Hall–Kier alpha value is -0.790. The number of nitrogens with zero attached hydrogens (tertiary/aromatic N) is 1. The third-order valence-electron chi connectivity index (χ3n) is 6.15. The Kier molecular flexibility index (Phi) is 3.66. The van der Waals surface area contributed by atoms with E-state index in [0.29, 0.717) is 17.7 Å². The first-order valence-electron chi connectivity index (χ1n) is 8.09. The zero-order valence-electron chi connectivity index (χ0n) is 13.4. The maximum Gasteiger partial charge on any atom is 0.165 e. The van der Waals surface area contributed by atoms with E-state index in [1.54, 1.807) is 6.07 Å². The van der Waals surface area contributed by atoms with E-state index in [-0.39, 0.29) is 17.3 Å². The summed E-state index contributed by atoms with van der Waals surface area (Å²) < 4.78 is 6.09. The summed E-state index contributed by atoms with van der Waals surface area (Å²) in [4.78, 5) is 4.40. The Morgan fingerprint density at radius 1 is 1.30 bits per heavy atom. The van der Waals surface area contributed by atoms with Crippen LogP contribution in [0.2, 0.25) is 0 Å². The molecule has 1 spiro atoms. The summed E-state index contributed by atoms with van der Waals surface area (Å²) in [6.07, 6.45) is 5.18. The van der Waals surface area contributed by atoms with Crippen molar-refractivity contribution in [3.63, 3.8) is 0 Å². The maximum atomic E-state index is 10.4. The zero-order valence-corrected chi connectivity index (χ0v) is 15.5. The second-order valence-electron chi connectivity index (χ2n) is 6.93. The van der Waals surface area contributed by atoms with Crippen LogP contribution in [0.15, 0.2) is 24.3 Å². The minimum Gasteiger partial charge on any atom is -0.504 e. The fraction of sp³-hybridized carbons (Fsp3) is 0.556. The van der Waals surface area contributed by atoms with Crippen molar-refractivity contribution >= 4 is 22.6 Å². The third kappa shape index (κ3) is 1.84. The molecule has 23 heavy (non-hydrogen) atoms. The first kappa shape index (κ1) is 15.7. The topological polar surface area (TPSA) is 52.9 Å². The summed E-state index contributed by atoms with van der Waals surface area (Å²) in [5.41, 5.74) is 2.29. The van der Waals surface area contributed by atoms with Gasteiger partial charge in [-0.1, -0.05) is 40.8 Å². The van der Waals surface area contributed by atoms with Gasteiger partial charge in [0.2, 0.25) is 0 Å². The highest BCUT2D eigenvalue weighted by molar-refractivity contribution is 14.1. The number of likely N-dealkylation sites (tertiary alicyclic amines) is 1. The second kappa shape index (κ2) is 5.36. The molecule has 2 heterocycles. The van der Waals surface area contributed by atoms with E-state index < -0.39 is 6.10 Å². The molecule has 2 N–H and O–H groups in total. The molecule has 4 nitrogen and oxygen atoms in total. The van der Waals surface area contributed by atoms with Crippen LogP contribution in [0.25, 0.3) is 0 Å². The number of ether oxygens (including phenoxy) is 1. The Labute approximate surface area is 150 Å². The van der Waals surface area contributed by atoms with Gasteiger partial charge in [-0.25, -0.2) is 0 Å². The van der Waals surface area contributed by atoms with E-state index in [0.717, 1.165) is 19.4 Å². The van der Waals surface area contributed by atoms with Gasteiger partial charge in [0.1, 0.15) is 12.2 Å². The van der Waals surface area contributed by atoms with E-state index in [1.807, 2.05) is 17.1 Å². The van der Waals surface area contributed by atoms with Crippen molar-refractivity contribution in [2.45, 2.75) is 36.5 Å². The largest absolute Gasteiger partial charge is 0.504 e. The molecule has 5 atom stereocenters. The molecule has 0 aromatic heterocycles. The molecule has 5 rings (SSSR count). The molecule has 1 aromatic carbocycles. The number of alkyl halides is 1. The molecule has 0 saturated carbocycles. The lowest BCUT2D eigenvalue weighted by Crippen LogP contribution is -2.64. The number of phenolic OH excluding ortho intramolecular Hbond substituents is 1. The van der Waals surface area contributed by atoms with Crippen LogP contribution in [0.3, 0.4) is 0 Å². The van der Waals surface area contributed by atoms with E-state index in [9.17, 15) is 10.2 Å². The van der Waals surface area contributed by atoms with E-state index >= 15 is 0 Å². The zero-order chi connectivity index (χ0) is 16.4. The monoisotopic (exact) mass is 427 g/mol. The van der Waals surface area contributed by atoms with Crippen LogP contribution < -0.4 is 4.74 Å². The smallest absolute Gasteiger partial charge is 0.165 e. The standard InChI is InChI=1S/C17H19NO3.CH3I/c1-18-7-6-17-10-3-5-13(20)16(17)21-15-12(19)4-2-9(14(15)17)8-11(10)18;1-2/h2-5,10-11,13,16,19-20H,6-8H2,1H3;1H3/t10-,11+,13-,16-,17-;/m0./s1. The van der Waals surface area contributed by atoms with Gasteiger partial charge in [0.25, 0.3) is 0 Å². The van der Waals surface area contributed by atoms with Crippen molar-refractivity contribution in [2.24, 2.45) is 5.92 Å². The fourth-order valence-corrected chi connectivity index (χ4v) is 5.24. The molecule has 2 aliphatic heterocycles. The lowest BCUT2D eigenvalue weighted by atomic mass is 9.53. The predicted octanol–water partition coefficient (Wildman–Crippen LogP) is 2.25. The van der Waals surface area contributed by atoms with Crippen LogP contribution in [-0.4, -0.2) is 51.9 Å². The summed E-state index contributed by atoms with van der Waals surface area (Å²) in [6, 6.07) is 4.23. The summed E-state index contributed by atoms with van der Waals surface area (Å²) >= 11 is 2.15. The number of rotatable bonds is 0. The molecule has 0 amide bonds. The Balaban J connectivity index is 0.000000652. The number of hydrogen-bond donors (Lipinski definition) is 2. The normalized spacial score (nSPS) is 39.1. The molecule has 124 valence electrons. The van der Waals surface area contributed by atoms with Gasteiger partial charge in [0.05, 0.1) is 0 Å². The van der Waals surface area contributed by atoms with Gasteiger partial charge in [-0.3, -0.25) is 0 Å². The predicted molar refractivity (Wildman–Crippen MR) is 97.5 cm³/mol. The number of hydrogen-bond acceptors (Lipinski definition) is 4. The van der Waals surface area contributed by atoms with Crippen LogP contribution in [0, 0.1) is 5.92 Å². The molecule has 1 saturated heterocycles. The van der Waals surface area contributed by atoms with E-state index in [4.69, 9.17) is 4.74 Å². The third-order valence-corrected chi connectivity index (χ3v) is 6.15. The number of phenols is 1. The highest BCUT2D eigenvalue weighted by Gasteiger charge is 2.64. The summed E-state index contributed by atoms with van der Waals surface area (Å²) in [6.45, 7) is 1.01. The van der Waals surface area contributed by atoms with Crippen molar-refractivity contribution in [3.05, 3.63) is 35.4 Å². The maximum absolute atomic E-state index is 10.4. The van der Waals surface area contributed by atoms with E-state index in [2.05, 4.69) is 40.6 Å². The molecular weight excluding hydrogens is 405 g/mol. The van der Waals surface area contributed by atoms with Gasteiger partial charge in [-0.2, -0.15) is 0 Å². The molecule has 1 fully saturated rings. The lowest BCUT2D eigenvalue weighted by molar-refractivity contribution is -0.0453.